The molecule has 4 aliphatic rings. The van der Waals surface area contributed by atoms with Gasteiger partial charge in [-0.3, -0.25) is 9.59 Å². The van der Waals surface area contributed by atoms with E-state index in [1.165, 1.54) is 0 Å². The van der Waals surface area contributed by atoms with E-state index in [1.54, 1.807) is 0 Å². The summed E-state index contributed by atoms with van der Waals surface area (Å²) in [6.45, 7) is 13.0. The molecule has 0 aromatic carbocycles. The number of fused-ring (bicyclic) bond motifs is 2. The molecule has 0 amide bonds. The second-order valence-electron chi connectivity index (χ2n) is 9.47. The molecule has 5 unspecified atom stereocenters. The molecule has 0 N–H and O–H groups in total. The Bertz CT molecular complexity index is 552. The zero-order valence-corrected chi connectivity index (χ0v) is 16.0. The van der Waals surface area contributed by atoms with Gasteiger partial charge in [0.15, 0.2) is 0 Å². The Balaban J connectivity index is 1.96. The van der Waals surface area contributed by atoms with Crippen molar-refractivity contribution in [3.05, 3.63) is 0 Å². The number of hydrogen-bond acceptors (Lipinski definition) is 4. The van der Waals surface area contributed by atoms with E-state index in [1.807, 2.05) is 20.8 Å². The third kappa shape index (κ3) is 2.24. The molecule has 0 aromatic rings. The van der Waals surface area contributed by atoms with Crippen LogP contribution in [0.25, 0.3) is 0 Å². The normalized spacial score (nSPS) is 41.3. The second-order valence-corrected chi connectivity index (χ2v) is 9.47. The van der Waals surface area contributed by atoms with E-state index in [2.05, 4.69) is 20.8 Å². The lowest BCUT2D eigenvalue weighted by Crippen LogP contribution is -2.64. The summed E-state index contributed by atoms with van der Waals surface area (Å²) in [4.78, 5) is 25.1. The summed E-state index contributed by atoms with van der Waals surface area (Å²) in [5, 5.41) is 0. The fourth-order valence-electron chi connectivity index (χ4n) is 5.52. The molecule has 4 fully saturated rings. The average molecular weight is 336 g/mol. The van der Waals surface area contributed by atoms with Crippen molar-refractivity contribution >= 4 is 11.9 Å². The van der Waals surface area contributed by atoms with Crippen molar-refractivity contribution in [2.45, 2.75) is 73.3 Å². The number of carbonyl (C=O) groups is 2. The predicted octanol–water partition coefficient (Wildman–Crippen LogP) is 3.97. The monoisotopic (exact) mass is 336 g/mol. The van der Waals surface area contributed by atoms with Crippen molar-refractivity contribution in [1.82, 2.24) is 0 Å². The number of hydrogen-bond donors (Lipinski definition) is 0. The van der Waals surface area contributed by atoms with E-state index in [4.69, 9.17) is 9.47 Å². The topological polar surface area (TPSA) is 52.6 Å². The standard InChI is InChI=1S/C20H32O4/c1-7-18(4,5)17(22)24-14-10-19(6)8-9-20(14,12(2)3)13-11-23-16(21)15(13)19/h12-15H,7-11H2,1-6H3. The smallest absolute Gasteiger partial charge is 0.311 e. The maximum Gasteiger partial charge on any atom is 0.311 e. The largest absolute Gasteiger partial charge is 0.465 e. The molecule has 24 heavy (non-hydrogen) atoms. The Morgan fingerprint density at radius 3 is 2.62 bits per heavy atom. The van der Waals surface area contributed by atoms with Crippen LogP contribution in [0, 0.1) is 34.0 Å². The maximum absolute atomic E-state index is 12.7. The highest BCUT2D eigenvalue weighted by molar-refractivity contribution is 5.78. The molecular weight excluding hydrogens is 304 g/mol. The third-order valence-electron chi connectivity index (χ3n) is 7.64. The van der Waals surface area contributed by atoms with Gasteiger partial charge in [-0.25, -0.2) is 0 Å². The highest BCUT2D eigenvalue weighted by Gasteiger charge is 2.69. The first kappa shape index (κ1) is 17.8. The predicted molar refractivity (Wildman–Crippen MR) is 91.1 cm³/mol. The first-order valence-electron chi connectivity index (χ1n) is 9.46. The molecule has 1 heterocycles. The molecule has 1 saturated heterocycles. The fourth-order valence-corrected chi connectivity index (χ4v) is 5.52. The lowest BCUT2D eigenvalue weighted by atomic mass is 9.42. The zero-order chi connectivity index (χ0) is 17.9. The summed E-state index contributed by atoms with van der Waals surface area (Å²) >= 11 is 0. The van der Waals surface area contributed by atoms with E-state index >= 15 is 0 Å². The van der Waals surface area contributed by atoms with E-state index in [9.17, 15) is 9.59 Å². The van der Waals surface area contributed by atoms with Crippen LogP contribution < -0.4 is 0 Å². The summed E-state index contributed by atoms with van der Waals surface area (Å²) in [5.74, 6) is 0.369. The highest BCUT2D eigenvalue weighted by atomic mass is 16.6. The maximum atomic E-state index is 12.7. The van der Waals surface area contributed by atoms with Gasteiger partial charge in [0.1, 0.15) is 6.10 Å². The molecule has 0 spiro atoms. The van der Waals surface area contributed by atoms with Crippen LogP contribution in [-0.4, -0.2) is 24.6 Å². The fraction of sp³-hybridized carbons (Fsp3) is 0.900. The number of rotatable bonds is 4. The van der Waals surface area contributed by atoms with Crippen molar-refractivity contribution in [3.8, 4) is 0 Å². The van der Waals surface area contributed by atoms with Gasteiger partial charge in [0.25, 0.3) is 0 Å². The van der Waals surface area contributed by atoms with E-state index in [-0.39, 0.29) is 40.7 Å². The summed E-state index contributed by atoms with van der Waals surface area (Å²) < 4.78 is 11.6. The molecule has 0 radical (unpaired) electrons. The molecule has 4 nitrogen and oxygen atoms in total. The SMILES string of the molecule is CCC(C)(C)C(=O)OC1CC2(C)CCC1(C(C)C)C1COC(=O)C12. The lowest BCUT2D eigenvalue weighted by Gasteiger charge is -2.62. The first-order chi connectivity index (χ1) is 11.1. The molecule has 1 aliphatic heterocycles. The minimum Gasteiger partial charge on any atom is -0.465 e. The van der Waals surface area contributed by atoms with Crippen LogP contribution in [0.5, 0.6) is 0 Å². The molecule has 0 aromatic heterocycles. The molecule has 5 atom stereocenters. The quantitative estimate of drug-likeness (QED) is 0.729. The Morgan fingerprint density at radius 2 is 2.04 bits per heavy atom. The van der Waals surface area contributed by atoms with Crippen LogP contribution in [-0.2, 0) is 19.1 Å². The van der Waals surface area contributed by atoms with E-state index in [0.29, 0.717) is 12.5 Å². The summed E-state index contributed by atoms with van der Waals surface area (Å²) in [6.07, 6.45) is 3.48. The molecule has 2 bridgehead atoms. The number of esters is 2. The molecule has 4 rings (SSSR count). The highest BCUT2D eigenvalue weighted by Crippen LogP contribution is 2.67. The first-order valence-corrected chi connectivity index (χ1v) is 9.46. The minimum absolute atomic E-state index is 0.0252. The molecule has 3 aliphatic carbocycles. The molecular formula is C20H32O4. The number of carbonyl (C=O) groups excluding carboxylic acids is 2. The van der Waals surface area contributed by atoms with Gasteiger partial charge in [0.05, 0.1) is 17.9 Å². The number of ether oxygens (including phenoxy) is 2. The van der Waals surface area contributed by atoms with Crippen LogP contribution in [0.15, 0.2) is 0 Å². The van der Waals surface area contributed by atoms with Crippen molar-refractivity contribution in [1.29, 1.82) is 0 Å². The Hall–Kier alpha value is -1.06. The van der Waals surface area contributed by atoms with Gasteiger partial charge in [-0.05, 0) is 50.9 Å². The third-order valence-corrected chi connectivity index (χ3v) is 7.64. The lowest BCUT2D eigenvalue weighted by molar-refractivity contribution is -0.218. The van der Waals surface area contributed by atoms with E-state index < -0.39 is 5.41 Å². The molecule has 3 saturated carbocycles. The Labute approximate surface area is 145 Å². The van der Waals surface area contributed by atoms with Gasteiger partial charge in [-0.1, -0.05) is 27.7 Å². The van der Waals surface area contributed by atoms with Crippen molar-refractivity contribution in [2.75, 3.05) is 6.61 Å². The second kappa shape index (κ2) is 5.47. The van der Waals surface area contributed by atoms with Crippen molar-refractivity contribution in [2.24, 2.45) is 34.0 Å². The average Bonchev–Trinajstić information content (AvgIpc) is 2.91. The van der Waals surface area contributed by atoms with Crippen LogP contribution in [0.2, 0.25) is 0 Å². The van der Waals surface area contributed by atoms with Gasteiger partial charge in [-0.2, -0.15) is 0 Å². The van der Waals surface area contributed by atoms with Gasteiger partial charge in [0.2, 0.25) is 0 Å². The molecule has 136 valence electrons. The van der Waals surface area contributed by atoms with Gasteiger partial charge in [0, 0.05) is 11.3 Å². The zero-order valence-electron chi connectivity index (χ0n) is 16.0. The number of cyclic esters (lactones) is 1. The van der Waals surface area contributed by atoms with Gasteiger partial charge >= 0.3 is 11.9 Å². The van der Waals surface area contributed by atoms with Crippen molar-refractivity contribution < 1.29 is 19.1 Å². The van der Waals surface area contributed by atoms with Gasteiger partial charge in [-0.15, -0.1) is 0 Å². The molecule has 4 heteroatoms. The Morgan fingerprint density at radius 1 is 1.38 bits per heavy atom. The van der Waals surface area contributed by atoms with E-state index in [0.717, 1.165) is 25.7 Å². The van der Waals surface area contributed by atoms with Crippen LogP contribution >= 0.6 is 0 Å². The summed E-state index contributed by atoms with van der Waals surface area (Å²) in [5.41, 5.74) is -0.693. The van der Waals surface area contributed by atoms with Crippen LogP contribution in [0.1, 0.15) is 67.2 Å². The van der Waals surface area contributed by atoms with Crippen LogP contribution in [0.3, 0.4) is 0 Å². The Kier molecular flexibility index (Phi) is 4.05. The van der Waals surface area contributed by atoms with Crippen LogP contribution in [0.4, 0.5) is 0 Å². The van der Waals surface area contributed by atoms with Gasteiger partial charge < -0.3 is 9.47 Å². The summed E-state index contributed by atoms with van der Waals surface area (Å²) in [6, 6.07) is 0. The summed E-state index contributed by atoms with van der Waals surface area (Å²) in [7, 11) is 0. The van der Waals surface area contributed by atoms with Crippen molar-refractivity contribution in [3.63, 3.8) is 0 Å². The minimum atomic E-state index is -0.461.